The first-order valence-corrected chi connectivity index (χ1v) is 8.52. The van der Waals surface area contributed by atoms with Crippen LogP contribution in [0.25, 0.3) is 0 Å². The second-order valence-corrected chi connectivity index (χ2v) is 6.90. The van der Waals surface area contributed by atoms with Crippen molar-refractivity contribution in [3.05, 3.63) is 59.2 Å². The third kappa shape index (κ3) is 2.70. The molecule has 2 aromatic rings. The van der Waals surface area contributed by atoms with Crippen LogP contribution in [0.1, 0.15) is 29.0 Å². The van der Waals surface area contributed by atoms with Crippen molar-refractivity contribution in [1.29, 1.82) is 0 Å². The molecule has 2 aliphatic rings. The highest BCUT2D eigenvalue weighted by Gasteiger charge is 2.38. The molecule has 0 spiro atoms. The molecule has 2 unspecified atom stereocenters. The number of phenols is 2. The Labute approximate surface area is 137 Å². The smallest absolute Gasteiger partial charge is 0.160 e. The van der Waals surface area contributed by atoms with Crippen LogP contribution in [-0.2, 0) is 12.8 Å². The Hall–Kier alpha value is -2.00. The maximum absolute atomic E-state index is 10.1. The second-order valence-electron chi connectivity index (χ2n) is 6.90. The maximum Gasteiger partial charge on any atom is 0.160 e. The third-order valence-electron chi connectivity index (χ3n) is 5.54. The van der Waals surface area contributed by atoms with E-state index in [0.29, 0.717) is 11.8 Å². The van der Waals surface area contributed by atoms with Crippen LogP contribution in [0.5, 0.6) is 11.5 Å². The first kappa shape index (κ1) is 14.6. The number of likely N-dealkylation sites (tertiary alicyclic amines) is 1. The van der Waals surface area contributed by atoms with E-state index in [1.54, 1.807) is 6.07 Å². The van der Waals surface area contributed by atoms with E-state index in [4.69, 9.17) is 0 Å². The average molecular weight is 309 g/mol. The van der Waals surface area contributed by atoms with Crippen molar-refractivity contribution in [1.82, 2.24) is 4.90 Å². The zero-order valence-corrected chi connectivity index (χ0v) is 13.3. The Morgan fingerprint density at radius 3 is 2.65 bits per heavy atom. The van der Waals surface area contributed by atoms with Crippen molar-refractivity contribution in [3.63, 3.8) is 0 Å². The maximum atomic E-state index is 10.1. The van der Waals surface area contributed by atoms with Crippen molar-refractivity contribution in [2.45, 2.75) is 25.2 Å². The molecule has 0 amide bonds. The molecule has 1 fully saturated rings. The fourth-order valence-corrected chi connectivity index (χ4v) is 4.30. The summed E-state index contributed by atoms with van der Waals surface area (Å²) < 4.78 is 0. The Morgan fingerprint density at radius 1 is 1.00 bits per heavy atom. The van der Waals surface area contributed by atoms with Crippen molar-refractivity contribution in [2.75, 3.05) is 19.6 Å². The molecule has 3 nitrogen and oxygen atoms in total. The molecule has 3 heteroatoms. The average Bonchev–Trinajstić information content (AvgIpc) is 3.00. The molecular formula is C20H23NO2. The number of hydrogen-bond donors (Lipinski definition) is 2. The summed E-state index contributed by atoms with van der Waals surface area (Å²) in [6.07, 6.45) is 3.08. The van der Waals surface area contributed by atoms with Crippen molar-refractivity contribution in [3.8, 4) is 11.5 Å². The Morgan fingerprint density at radius 2 is 1.83 bits per heavy atom. The van der Waals surface area contributed by atoms with Gasteiger partial charge < -0.3 is 15.1 Å². The summed E-state index contributed by atoms with van der Waals surface area (Å²) in [5.41, 5.74) is 3.61. The molecule has 120 valence electrons. The minimum atomic E-state index is 0.0149. The van der Waals surface area contributed by atoms with Crippen LogP contribution in [0.15, 0.2) is 42.5 Å². The summed E-state index contributed by atoms with van der Waals surface area (Å²) >= 11 is 0. The fraction of sp³-hybridized carbons (Fsp3) is 0.400. The molecule has 2 aromatic carbocycles. The molecule has 4 rings (SSSR count). The quantitative estimate of drug-likeness (QED) is 0.855. The topological polar surface area (TPSA) is 43.7 Å². The van der Waals surface area contributed by atoms with Crippen LogP contribution in [0, 0.1) is 5.92 Å². The number of rotatable bonds is 3. The molecule has 0 saturated carbocycles. The summed E-state index contributed by atoms with van der Waals surface area (Å²) in [4.78, 5) is 2.56. The van der Waals surface area contributed by atoms with Crippen LogP contribution in [0.3, 0.4) is 0 Å². The highest BCUT2D eigenvalue weighted by molar-refractivity contribution is 5.51. The number of aromatic hydroxyl groups is 2. The molecule has 2 N–H and O–H groups in total. The molecule has 1 aliphatic heterocycles. The van der Waals surface area contributed by atoms with Gasteiger partial charge in [-0.05, 0) is 42.4 Å². The Kier molecular flexibility index (Phi) is 3.74. The molecular weight excluding hydrogens is 286 g/mol. The number of benzene rings is 2. The lowest BCUT2D eigenvalue weighted by Gasteiger charge is -2.28. The van der Waals surface area contributed by atoms with Crippen molar-refractivity contribution in [2.24, 2.45) is 5.92 Å². The van der Waals surface area contributed by atoms with Gasteiger partial charge in [0, 0.05) is 31.1 Å². The van der Waals surface area contributed by atoms with Gasteiger partial charge in [0.05, 0.1) is 0 Å². The zero-order chi connectivity index (χ0) is 15.8. The first-order chi connectivity index (χ1) is 11.2. The third-order valence-corrected chi connectivity index (χ3v) is 5.54. The summed E-state index contributed by atoms with van der Waals surface area (Å²) in [6.45, 7) is 3.31. The van der Waals surface area contributed by atoms with E-state index in [2.05, 4.69) is 35.2 Å². The second kappa shape index (κ2) is 5.89. The normalized spacial score (nSPS) is 23.5. The van der Waals surface area contributed by atoms with Gasteiger partial charge in [0.2, 0.25) is 0 Å². The predicted octanol–water partition coefficient (Wildman–Crippen LogP) is 3.30. The number of nitrogens with zero attached hydrogens (tertiary/aromatic N) is 1. The lowest BCUT2D eigenvalue weighted by atomic mass is 9.77. The van der Waals surface area contributed by atoms with E-state index in [-0.39, 0.29) is 11.5 Å². The number of phenolic OH excluding ortho intramolecular Hbond substituents is 2. The van der Waals surface area contributed by atoms with E-state index in [0.717, 1.165) is 44.5 Å². The standard InChI is InChI=1S/C20H23NO2/c22-19-9-8-16-17(20(19)23)7-6-15-12-21(13-18(15)16)11-10-14-4-2-1-3-5-14/h1-5,8-9,15,18,22-23H,6-7,10-13H2. The fourth-order valence-electron chi connectivity index (χ4n) is 4.30. The summed E-state index contributed by atoms with van der Waals surface area (Å²) in [7, 11) is 0. The highest BCUT2D eigenvalue weighted by Crippen LogP contribution is 2.46. The molecule has 0 aromatic heterocycles. The molecule has 1 aliphatic carbocycles. The molecule has 2 atom stereocenters. The molecule has 0 bridgehead atoms. The van der Waals surface area contributed by atoms with Gasteiger partial charge >= 0.3 is 0 Å². The minimum absolute atomic E-state index is 0.0149. The van der Waals surface area contributed by atoms with Crippen LogP contribution < -0.4 is 0 Å². The first-order valence-electron chi connectivity index (χ1n) is 8.52. The van der Waals surface area contributed by atoms with Crippen molar-refractivity contribution >= 4 is 0 Å². The highest BCUT2D eigenvalue weighted by atomic mass is 16.3. The van der Waals surface area contributed by atoms with Gasteiger partial charge in [-0.2, -0.15) is 0 Å². The van der Waals surface area contributed by atoms with Gasteiger partial charge in [0.1, 0.15) is 0 Å². The van der Waals surface area contributed by atoms with Gasteiger partial charge in [-0.3, -0.25) is 0 Å². The van der Waals surface area contributed by atoms with E-state index < -0.39 is 0 Å². The summed E-state index contributed by atoms with van der Waals surface area (Å²) in [5, 5.41) is 19.8. The lowest BCUT2D eigenvalue weighted by Crippen LogP contribution is -2.23. The SMILES string of the molecule is Oc1ccc2c(c1O)CCC1CN(CCc3ccccc3)CC21. The van der Waals surface area contributed by atoms with E-state index >= 15 is 0 Å². The van der Waals surface area contributed by atoms with E-state index in [9.17, 15) is 10.2 Å². The number of hydrogen-bond acceptors (Lipinski definition) is 3. The van der Waals surface area contributed by atoms with Gasteiger partial charge in [0.25, 0.3) is 0 Å². The van der Waals surface area contributed by atoms with Gasteiger partial charge in [-0.25, -0.2) is 0 Å². The molecule has 1 heterocycles. The lowest BCUT2D eigenvalue weighted by molar-refractivity contribution is 0.324. The van der Waals surface area contributed by atoms with Crippen molar-refractivity contribution < 1.29 is 10.2 Å². The predicted molar refractivity (Wildman–Crippen MR) is 90.9 cm³/mol. The monoisotopic (exact) mass is 309 g/mol. The van der Waals surface area contributed by atoms with Crippen LogP contribution in [0.2, 0.25) is 0 Å². The van der Waals surface area contributed by atoms with Crippen LogP contribution in [0.4, 0.5) is 0 Å². The molecule has 1 saturated heterocycles. The Bertz CT molecular complexity index is 698. The largest absolute Gasteiger partial charge is 0.504 e. The number of fused-ring (bicyclic) bond motifs is 3. The molecule has 23 heavy (non-hydrogen) atoms. The van der Waals surface area contributed by atoms with Gasteiger partial charge in [0.15, 0.2) is 11.5 Å². The summed E-state index contributed by atoms with van der Waals surface area (Å²) in [6, 6.07) is 14.3. The minimum Gasteiger partial charge on any atom is -0.504 e. The summed E-state index contributed by atoms with van der Waals surface area (Å²) in [5.74, 6) is 1.30. The van der Waals surface area contributed by atoms with E-state index in [1.807, 2.05) is 6.07 Å². The Balaban J connectivity index is 1.48. The van der Waals surface area contributed by atoms with Gasteiger partial charge in [-0.1, -0.05) is 36.4 Å². The van der Waals surface area contributed by atoms with Gasteiger partial charge in [-0.15, -0.1) is 0 Å². The van der Waals surface area contributed by atoms with Crippen LogP contribution in [-0.4, -0.2) is 34.7 Å². The van der Waals surface area contributed by atoms with Crippen LogP contribution >= 0.6 is 0 Å². The zero-order valence-electron chi connectivity index (χ0n) is 13.3. The molecule has 0 radical (unpaired) electrons. The van der Waals surface area contributed by atoms with E-state index in [1.165, 1.54) is 11.1 Å².